The summed E-state index contributed by atoms with van der Waals surface area (Å²) in [4.78, 5) is 0. The molecule has 2 heteroatoms. The zero-order chi connectivity index (χ0) is 10.1. The number of halogens is 1. The van der Waals surface area contributed by atoms with E-state index in [9.17, 15) is 0 Å². The van der Waals surface area contributed by atoms with Crippen LogP contribution < -0.4 is 5.32 Å². The van der Waals surface area contributed by atoms with Gasteiger partial charge >= 0.3 is 0 Å². The van der Waals surface area contributed by atoms with Gasteiger partial charge in [0.25, 0.3) is 0 Å². The van der Waals surface area contributed by atoms with Crippen LogP contribution in [0.1, 0.15) is 26.3 Å². The molecule has 72 valence electrons. The number of anilines is 1. The van der Waals surface area contributed by atoms with Gasteiger partial charge in [0.2, 0.25) is 0 Å². The quantitative estimate of drug-likeness (QED) is 0.721. The van der Waals surface area contributed by atoms with Gasteiger partial charge in [0.05, 0.1) is 0 Å². The molecule has 0 atom stereocenters. The fourth-order valence-corrected chi connectivity index (χ4v) is 1.27. The van der Waals surface area contributed by atoms with E-state index in [2.05, 4.69) is 32.2 Å². The van der Waals surface area contributed by atoms with Gasteiger partial charge in [0.15, 0.2) is 0 Å². The Kier molecular flexibility index (Phi) is 2.87. The van der Waals surface area contributed by atoms with Crippen molar-refractivity contribution in [2.75, 3.05) is 5.32 Å². The summed E-state index contributed by atoms with van der Waals surface area (Å²) in [5.74, 6) is 0. The van der Waals surface area contributed by atoms with E-state index in [0.29, 0.717) is 0 Å². The second kappa shape index (κ2) is 3.59. The Labute approximate surface area is 85.1 Å². The van der Waals surface area contributed by atoms with Crippen LogP contribution in [0.5, 0.6) is 0 Å². The Hall–Kier alpha value is -0.690. The van der Waals surface area contributed by atoms with Crippen LogP contribution in [0.3, 0.4) is 0 Å². The fourth-order valence-electron chi connectivity index (χ4n) is 1.16. The summed E-state index contributed by atoms with van der Waals surface area (Å²) in [6, 6.07) is 5.99. The molecule has 0 saturated carbocycles. The lowest BCUT2D eigenvalue weighted by Crippen LogP contribution is -2.25. The highest BCUT2D eigenvalue weighted by molar-refractivity contribution is 6.31. The summed E-state index contributed by atoms with van der Waals surface area (Å²) in [7, 11) is 0. The van der Waals surface area contributed by atoms with Crippen molar-refractivity contribution in [2.45, 2.75) is 33.2 Å². The fraction of sp³-hybridized carbons (Fsp3) is 0.455. The monoisotopic (exact) mass is 197 g/mol. The van der Waals surface area contributed by atoms with E-state index in [4.69, 9.17) is 11.6 Å². The third-order valence-corrected chi connectivity index (χ3v) is 2.10. The zero-order valence-electron chi connectivity index (χ0n) is 8.61. The standard InChI is InChI=1S/C11H16ClN/c1-8-7-9(5-6-10(8)12)13-11(2,3)4/h5-7,13H,1-4H3. The van der Waals surface area contributed by atoms with E-state index in [1.165, 1.54) is 0 Å². The molecular weight excluding hydrogens is 182 g/mol. The molecule has 0 heterocycles. The van der Waals surface area contributed by atoms with Crippen molar-refractivity contribution < 1.29 is 0 Å². The van der Waals surface area contributed by atoms with Crippen molar-refractivity contribution in [3.8, 4) is 0 Å². The van der Waals surface area contributed by atoms with Crippen LogP contribution >= 0.6 is 11.6 Å². The van der Waals surface area contributed by atoms with E-state index in [1.807, 2.05) is 19.1 Å². The number of aryl methyl sites for hydroxylation is 1. The molecule has 0 fully saturated rings. The summed E-state index contributed by atoms with van der Waals surface area (Å²) < 4.78 is 0. The molecule has 13 heavy (non-hydrogen) atoms. The first-order chi connectivity index (χ1) is 5.88. The molecule has 1 nitrogen and oxygen atoms in total. The number of hydrogen-bond acceptors (Lipinski definition) is 1. The van der Waals surface area contributed by atoms with E-state index >= 15 is 0 Å². The van der Waals surface area contributed by atoms with Crippen LogP contribution in [0, 0.1) is 6.92 Å². The molecule has 0 bridgehead atoms. The van der Waals surface area contributed by atoms with Crippen molar-refractivity contribution in [2.24, 2.45) is 0 Å². The van der Waals surface area contributed by atoms with Gasteiger partial charge in [-0.2, -0.15) is 0 Å². The maximum Gasteiger partial charge on any atom is 0.0436 e. The smallest absolute Gasteiger partial charge is 0.0436 e. The zero-order valence-corrected chi connectivity index (χ0v) is 9.37. The van der Waals surface area contributed by atoms with Gasteiger partial charge in [0.1, 0.15) is 0 Å². The van der Waals surface area contributed by atoms with Gasteiger partial charge in [-0.25, -0.2) is 0 Å². The predicted molar refractivity (Wildman–Crippen MR) is 59.6 cm³/mol. The van der Waals surface area contributed by atoms with Gasteiger partial charge in [0, 0.05) is 16.2 Å². The summed E-state index contributed by atoms with van der Waals surface area (Å²) in [5.41, 5.74) is 2.32. The average molecular weight is 198 g/mol. The molecule has 0 radical (unpaired) electrons. The molecule has 0 spiro atoms. The molecule has 0 amide bonds. The Morgan fingerprint density at radius 1 is 1.23 bits per heavy atom. The Morgan fingerprint density at radius 3 is 2.31 bits per heavy atom. The molecule has 0 aromatic heterocycles. The molecule has 1 aromatic carbocycles. The highest BCUT2D eigenvalue weighted by Crippen LogP contribution is 2.21. The highest BCUT2D eigenvalue weighted by atomic mass is 35.5. The van der Waals surface area contributed by atoms with E-state index in [0.717, 1.165) is 16.3 Å². The SMILES string of the molecule is Cc1cc(NC(C)(C)C)ccc1Cl. The van der Waals surface area contributed by atoms with Gasteiger partial charge in [-0.1, -0.05) is 11.6 Å². The largest absolute Gasteiger partial charge is 0.380 e. The lowest BCUT2D eigenvalue weighted by atomic mass is 10.1. The predicted octanol–water partition coefficient (Wildman–Crippen LogP) is 3.86. The number of hydrogen-bond donors (Lipinski definition) is 1. The molecule has 0 unspecified atom stereocenters. The van der Waals surface area contributed by atoms with Gasteiger partial charge in [-0.3, -0.25) is 0 Å². The minimum absolute atomic E-state index is 0.0975. The third kappa shape index (κ3) is 3.27. The van der Waals surface area contributed by atoms with Crippen molar-refractivity contribution in [1.29, 1.82) is 0 Å². The summed E-state index contributed by atoms with van der Waals surface area (Å²) in [6.07, 6.45) is 0. The Balaban J connectivity index is 2.86. The minimum Gasteiger partial charge on any atom is -0.380 e. The van der Waals surface area contributed by atoms with Crippen molar-refractivity contribution in [1.82, 2.24) is 0 Å². The van der Waals surface area contributed by atoms with Crippen LogP contribution in [-0.4, -0.2) is 5.54 Å². The third-order valence-electron chi connectivity index (χ3n) is 1.68. The van der Waals surface area contributed by atoms with Crippen LogP contribution in [0.4, 0.5) is 5.69 Å². The van der Waals surface area contributed by atoms with Crippen LogP contribution in [0.15, 0.2) is 18.2 Å². The van der Waals surface area contributed by atoms with Gasteiger partial charge < -0.3 is 5.32 Å². The van der Waals surface area contributed by atoms with E-state index in [-0.39, 0.29) is 5.54 Å². The van der Waals surface area contributed by atoms with Crippen LogP contribution in [0.2, 0.25) is 5.02 Å². The summed E-state index contributed by atoms with van der Waals surface area (Å²) >= 11 is 5.92. The van der Waals surface area contributed by atoms with Crippen molar-refractivity contribution in [3.63, 3.8) is 0 Å². The molecule has 1 N–H and O–H groups in total. The lowest BCUT2D eigenvalue weighted by molar-refractivity contribution is 0.634. The Bertz CT molecular complexity index is 299. The van der Waals surface area contributed by atoms with E-state index < -0.39 is 0 Å². The average Bonchev–Trinajstić information content (AvgIpc) is 1.94. The molecule has 0 aliphatic rings. The van der Waals surface area contributed by atoms with Crippen molar-refractivity contribution in [3.05, 3.63) is 28.8 Å². The van der Waals surface area contributed by atoms with Crippen molar-refractivity contribution >= 4 is 17.3 Å². The second-order valence-electron chi connectivity index (χ2n) is 4.34. The first-order valence-electron chi connectivity index (χ1n) is 4.43. The molecule has 1 rings (SSSR count). The normalized spacial score (nSPS) is 11.5. The molecule has 0 saturated heterocycles. The minimum atomic E-state index is 0.0975. The Morgan fingerprint density at radius 2 is 1.85 bits per heavy atom. The molecule has 1 aromatic rings. The summed E-state index contributed by atoms with van der Waals surface area (Å²) in [6.45, 7) is 8.42. The van der Waals surface area contributed by atoms with E-state index in [1.54, 1.807) is 0 Å². The maximum absolute atomic E-state index is 5.92. The lowest BCUT2D eigenvalue weighted by Gasteiger charge is -2.22. The van der Waals surface area contributed by atoms with Crippen LogP contribution in [-0.2, 0) is 0 Å². The molecule has 0 aliphatic heterocycles. The topological polar surface area (TPSA) is 12.0 Å². The van der Waals surface area contributed by atoms with Gasteiger partial charge in [-0.05, 0) is 51.5 Å². The molecular formula is C11H16ClN. The first kappa shape index (κ1) is 10.4. The number of benzene rings is 1. The number of rotatable bonds is 1. The number of nitrogens with one attached hydrogen (secondary N) is 1. The second-order valence-corrected chi connectivity index (χ2v) is 4.75. The van der Waals surface area contributed by atoms with Crippen LogP contribution in [0.25, 0.3) is 0 Å². The molecule has 0 aliphatic carbocycles. The highest BCUT2D eigenvalue weighted by Gasteiger charge is 2.09. The maximum atomic E-state index is 5.92. The van der Waals surface area contributed by atoms with Gasteiger partial charge in [-0.15, -0.1) is 0 Å². The summed E-state index contributed by atoms with van der Waals surface area (Å²) in [5, 5.41) is 4.21. The first-order valence-corrected chi connectivity index (χ1v) is 4.80.